The molecule has 0 aromatic heterocycles. The van der Waals surface area contributed by atoms with Crippen LogP contribution in [0.25, 0.3) is 0 Å². The average Bonchev–Trinajstić information content (AvgIpc) is 3.07. The number of esters is 2. The van der Waals surface area contributed by atoms with Gasteiger partial charge in [0.25, 0.3) is 0 Å². The van der Waals surface area contributed by atoms with E-state index in [2.05, 4.69) is 8.92 Å². The van der Waals surface area contributed by atoms with Crippen LogP contribution in [0.2, 0.25) is 0 Å². The Hall–Kier alpha value is -2.76. The van der Waals surface area contributed by atoms with Crippen LogP contribution in [0.4, 0.5) is 13.2 Å². The summed E-state index contributed by atoms with van der Waals surface area (Å²) in [5, 5.41) is 0. The van der Waals surface area contributed by atoms with Crippen LogP contribution >= 0.6 is 0 Å². The van der Waals surface area contributed by atoms with E-state index >= 15 is 0 Å². The van der Waals surface area contributed by atoms with Gasteiger partial charge >= 0.3 is 27.6 Å². The Balaban J connectivity index is 2.60. The number of methoxy groups -OCH3 is 2. The lowest BCUT2D eigenvalue weighted by Crippen LogP contribution is -2.29. The molecule has 0 amide bonds. The van der Waals surface area contributed by atoms with Crippen LogP contribution in [-0.4, -0.2) is 40.1 Å². The first-order valence-electron chi connectivity index (χ1n) is 8.96. The van der Waals surface area contributed by atoms with Gasteiger partial charge in [-0.3, -0.25) is 4.79 Å². The number of carbonyl (C=O) groups excluding carboxylic acids is 2. The van der Waals surface area contributed by atoms with Crippen LogP contribution in [0.1, 0.15) is 46.8 Å². The van der Waals surface area contributed by atoms with Gasteiger partial charge in [-0.25, -0.2) is 4.79 Å². The summed E-state index contributed by atoms with van der Waals surface area (Å²) in [5.41, 5.74) is -4.88. The third kappa shape index (κ3) is 5.12. The van der Waals surface area contributed by atoms with Crippen molar-refractivity contribution in [3.8, 4) is 11.5 Å². The Morgan fingerprint density at radius 2 is 1.84 bits per heavy atom. The largest absolute Gasteiger partial charge is 0.534 e. The molecule has 0 fully saturated rings. The molecular formula is C19H21F3O8S. The second-order valence-electron chi connectivity index (χ2n) is 6.71. The minimum atomic E-state index is -6.06. The van der Waals surface area contributed by atoms with E-state index in [4.69, 9.17) is 9.47 Å². The van der Waals surface area contributed by atoms with E-state index in [1.807, 2.05) is 0 Å². The molecule has 0 radical (unpaired) electrons. The zero-order valence-electron chi connectivity index (χ0n) is 17.2. The quantitative estimate of drug-likeness (QED) is 0.249. The van der Waals surface area contributed by atoms with Crippen LogP contribution in [0.15, 0.2) is 11.6 Å². The highest BCUT2D eigenvalue weighted by Gasteiger charge is 2.50. The third-order valence-electron chi connectivity index (χ3n) is 4.71. The predicted molar refractivity (Wildman–Crippen MR) is 101 cm³/mol. The Kier molecular flexibility index (Phi) is 7.25. The molecular weight excluding hydrogens is 445 g/mol. The van der Waals surface area contributed by atoms with Gasteiger partial charge in [-0.15, -0.1) is 0 Å². The molecule has 0 unspecified atom stereocenters. The first kappa shape index (κ1) is 24.5. The fourth-order valence-electron chi connectivity index (χ4n) is 3.04. The molecule has 12 heteroatoms. The van der Waals surface area contributed by atoms with Crippen LogP contribution in [-0.2, 0) is 37.4 Å². The lowest BCUT2D eigenvalue weighted by atomic mass is 9.94. The Morgan fingerprint density at radius 1 is 1.19 bits per heavy atom. The fraction of sp³-hybridized carbons (Fsp3) is 0.474. The topological polar surface area (TPSA) is 105 Å². The molecule has 1 aromatic rings. The fourth-order valence-corrected chi connectivity index (χ4v) is 3.54. The van der Waals surface area contributed by atoms with Crippen molar-refractivity contribution in [1.82, 2.24) is 0 Å². The molecule has 0 atom stereocenters. The van der Waals surface area contributed by atoms with Crippen molar-refractivity contribution in [2.24, 2.45) is 0 Å². The van der Waals surface area contributed by atoms with Crippen molar-refractivity contribution >= 4 is 22.1 Å². The lowest BCUT2D eigenvalue weighted by molar-refractivity contribution is -0.140. The number of ether oxygens (including phenoxy) is 3. The molecule has 1 aliphatic heterocycles. The van der Waals surface area contributed by atoms with E-state index in [-0.39, 0.29) is 41.9 Å². The number of fused-ring (bicyclic) bond motifs is 1. The maximum atomic E-state index is 13.0. The second-order valence-corrected chi connectivity index (χ2v) is 8.25. The van der Waals surface area contributed by atoms with Crippen molar-refractivity contribution in [3.05, 3.63) is 33.9 Å². The molecule has 1 heterocycles. The minimum Gasteiger partial charge on any atom is -0.496 e. The first-order chi connectivity index (χ1) is 14.3. The van der Waals surface area contributed by atoms with E-state index in [1.54, 1.807) is 19.9 Å². The van der Waals surface area contributed by atoms with Gasteiger partial charge in [0.15, 0.2) is 5.75 Å². The number of allylic oxidation sites excluding steroid dienone is 2. The molecule has 0 bridgehead atoms. The zero-order valence-corrected chi connectivity index (χ0v) is 18.0. The maximum absolute atomic E-state index is 13.0. The maximum Gasteiger partial charge on any atom is 0.534 e. The highest BCUT2D eigenvalue weighted by Crippen LogP contribution is 2.44. The Morgan fingerprint density at radius 3 is 2.39 bits per heavy atom. The van der Waals surface area contributed by atoms with Gasteiger partial charge in [0.05, 0.1) is 14.2 Å². The highest BCUT2D eigenvalue weighted by atomic mass is 32.2. The minimum absolute atomic E-state index is 0.0668. The molecule has 172 valence electrons. The van der Waals surface area contributed by atoms with Gasteiger partial charge in [-0.05, 0) is 32.3 Å². The van der Waals surface area contributed by atoms with Gasteiger partial charge in [0, 0.05) is 17.5 Å². The van der Waals surface area contributed by atoms with Crippen LogP contribution < -0.4 is 8.92 Å². The monoisotopic (exact) mass is 466 g/mol. The number of benzene rings is 1. The van der Waals surface area contributed by atoms with Crippen LogP contribution in [0, 0.1) is 6.92 Å². The SMILES string of the molecule is COC(=O)CCC(C)=CCc1c(OC)c(C)c2c(c1OS(=O)(=O)C(F)(F)F)C(=O)OC2. The molecule has 1 aliphatic rings. The van der Waals surface area contributed by atoms with Gasteiger partial charge < -0.3 is 18.4 Å². The average molecular weight is 466 g/mol. The van der Waals surface area contributed by atoms with E-state index in [9.17, 15) is 31.2 Å². The predicted octanol–water partition coefficient (Wildman–Crippen LogP) is 3.34. The lowest BCUT2D eigenvalue weighted by Gasteiger charge is -2.19. The van der Waals surface area contributed by atoms with E-state index in [0.717, 1.165) is 0 Å². The van der Waals surface area contributed by atoms with Crippen molar-refractivity contribution in [1.29, 1.82) is 0 Å². The van der Waals surface area contributed by atoms with Crippen molar-refractivity contribution in [3.63, 3.8) is 0 Å². The molecule has 31 heavy (non-hydrogen) atoms. The van der Waals surface area contributed by atoms with Crippen molar-refractivity contribution in [2.75, 3.05) is 14.2 Å². The molecule has 2 rings (SSSR count). The molecule has 0 aliphatic carbocycles. The molecule has 0 saturated heterocycles. The number of halogens is 3. The summed E-state index contributed by atoms with van der Waals surface area (Å²) in [7, 11) is -3.57. The van der Waals surface area contributed by atoms with Crippen LogP contribution in [0.5, 0.6) is 11.5 Å². The third-order valence-corrected chi connectivity index (χ3v) is 5.66. The number of alkyl halides is 3. The van der Waals surface area contributed by atoms with E-state index in [0.29, 0.717) is 17.6 Å². The second kappa shape index (κ2) is 9.16. The summed E-state index contributed by atoms with van der Waals surface area (Å²) in [6.07, 6.45) is 1.83. The summed E-state index contributed by atoms with van der Waals surface area (Å²) >= 11 is 0. The summed E-state index contributed by atoms with van der Waals surface area (Å²) in [6.45, 7) is 2.99. The smallest absolute Gasteiger partial charge is 0.496 e. The van der Waals surface area contributed by atoms with E-state index < -0.39 is 33.3 Å². The molecule has 0 spiro atoms. The Labute approximate surface area is 177 Å². The zero-order chi connectivity index (χ0) is 23.6. The van der Waals surface area contributed by atoms with Crippen molar-refractivity contribution in [2.45, 2.75) is 45.2 Å². The summed E-state index contributed by atoms with van der Waals surface area (Å²) in [5.74, 6) is -2.15. The number of hydrogen-bond donors (Lipinski definition) is 0. The van der Waals surface area contributed by atoms with Gasteiger partial charge in [0.2, 0.25) is 0 Å². The van der Waals surface area contributed by atoms with Gasteiger partial charge in [-0.2, -0.15) is 21.6 Å². The number of hydrogen-bond acceptors (Lipinski definition) is 8. The van der Waals surface area contributed by atoms with Crippen molar-refractivity contribution < 1.29 is 49.6 Å². The first-order valence-corrected chi connectivity index (χ1v) is 10.4. The standard InChI is InChI=1S/C19H21F3O8S/c1-10(6-8-14(23)27-3)5-7-12-16(28-4)11(2)13-9-29-18(24)15(13)17(12)30-31(25,26)19(20,21)22/h5H,6-9H2,1-4H3. The molecule has 8 nitrogen and oxygen atoms in total. The number of rotatable bonds is 8. The molecule has 0 N–H and O–H groups in total. The van der Waals surface area contributed by atoms with Gasteiger partial charge in [-0.1, -0.05) is 11.6 Å². The summed E-state index contributed by atoms with van der Waals surface area (Å²) in [4.78, 5) is 23.5. The van der Waals surface area contributed by atoms with Crippen LogP contribution in [0.3, 0.4) is 0 Å². The summed E-state index contributed by atoms with van der Waals surface area (Å²) < 4.78 is 81.5. The van der Waals surface area contributed by atoms with Gasteiger partial charge in [0.1, 0.15) is 17.9 Å². The summed E-state index contributed by atoms with van der Waals surface area (Å²) in [6, 6.07) is 0. The number of cyclic esters (lactones) is 1. The van der Waals surface area contributed by atoms with E-state index in [1.165, 1.54) is 14.2 Å². The molecule has 1 aromatic carbocycles. The highest BCUT2D eigenvalue weighted by molar-refractivity contribution is 7.88. The normalized spacial score (nSPS) is 14.2. The Bertz CT molecular complexity index is 1030. The molecule has 0 saturated carbocycles. The number of carbonyl (C=O) groups is 2.